The van der Waals surface area contributed by atoms with Gasteiger partial charge < -0.3 is 15.0 Å². The van der Waals surface area contributed by atoms with Gasteiger partial charge in [-0.25, -0.2) is 0 Å². The second kappa shape index (κ2) is 8.81. The van der Waals surface area contributed by atoms with Crippen LogP contribution in [-0.4, -0.2) is 31.4 Å². The number of carbonyl (C=O) groups excluding carboxylic acids is 3. The maximum absolute atomic E-state index is 12.5. The van der Waals surface area contributed by atoms with Crippen LogP contribution >= 0.6 is 11.3 Å². The van der Waals surface area contributed by atoms with Gasteiger partial charge in [0.1, 0.15) is 0 Å². The van der Waals surface area contributed by atoms with Crippen LogP contribution in [0.4, 0.5) is 5.69 Å². The van der Waals surface area contributed by atoms with Crippen molar-refractivity contribution in [3.63, 3.8) is 0 Å². The van der Waals surface area contributed by atoms with Crippen LogP contribution in [-0.2, 0) is 25.5 Å². The average Bonchev–Trinajstić information content (AvgIpc) is 3.33. The van der Waals surface area contributed by atoms with E-state index in [-0.39, 0.29) is 30.6 Å². The number of esters is 1. The first-order valence-electron chi connectivity index (χ1n) is 8.85. The molecule has 3 rings (SSSR count). The van der Waals surface area contributed by atoms with Gasteiger partial charge in [0.05, 0.1) is 26.0 Å². The van der Waals surface area contributed by atoms with Gasteiger partial charge in [-0.15, -0.1) is 11.3 Å². The van der Waals surface area contributed by atoms with E-state index in [4.69, 9.17) is 4.74 Å². The van der Waals surface area contributed by atoms with Gasteiger partial charge in [0.15, 0.2) is 0 Å². The van der Waals surface area contributed by atoms with E-state index in [0.29, 0.717) is 6.42 Å². The van der Waals surface area contributed by atoms with Crippen LogP contribution in [0.1, 0.15) is 35.7 Å². The van der Waals surface area contributed by atoms with E-state index in [1.807, 2.05) is 41.8 Å². The molecule has 1 aromatic heterocycles. The van der Waals surface area contributed by atoms with Gasteiger partial charge in [-0.1, -0.05) is 18.2 Å². The van der Waals surface area contributed by atoms with E-state index in [0.717, 1.165) is 29.1 Å². The van der Waals surface area contributed by atoms with Gasteiger partial charge in [0.2, 0.25) is 11.8 Å². The summed E-state index contributed by atoms with van der Waals surface area (Å²) in [7, 11) is 1.34. The predicted octanol–water partition coefficient (Wildman–Crippen LogP) is 2.84. The number of methoxy groups -OCH3 is 1. The smallest absolute Gasteiger partial charge is 0.307 e. The summed E-state index contributed by atoms with van der Waals surface area (Å²) in [5.41, 5.74) is 1.72. The second-order valence-corrected chi connectivity index (χ2v) is 7.39. The summed E-state index contributed by atoms with van der Waals surface area (Å²) in [6.45, 7) is 0.745. The van der Waals surface area contributed by atoms with Crippen molar-refractivity contribution < 1.29 is 19.1 Å². The third kappa shape index (κ3) is 4.95. The molecular formula is C20H22N2O4S. The Kier molecular flexibility index (Phi) is 6.24. The Morgan fingerprint density at radius 1 is 1.26 bits per heavy atom. The van der Waals surface area contributed by atoms with Crippen molar-refractivity contribution in [2.24, 2.45) is 0 Å². The molecule has 1 atom stereocenters. The Balaban J connectivity index is 1.61. The first kappa shape index (κ1) is 19.1. The Morgan fingerprint density at radius 3 is 2.63 bits per heavy atom. The highest BCUT2D eigenvalue weighted by molar-refractivity contribution is 7.10. The monoisotopic (exact) mass is 386 g/mol. The molecule has 0 radical (unpaired) electrons. The fourth-order valence-corrected chi connectivity index (χ4v) is 3.89. The lowest BCUT2D eigenvalue weighted by molar-refractivity contribution is -0.141. The summed E-state index contributed by atoms with van der Waals surface area (Å²) < 4.78 is 4.73. The zero-order valence-corrected chi connectivity index (χ0v) is 16.0. The Morgan fingerprint density at radius 2 is 2.04 bits per heavy atom. The van der Waals surface area contributed by atoms with E-state index in [1.54, 1.807) is 4.90 Å². The maximum Gasteiger partial charge on any atom is 0.307 e. The number of ether oxygens (including phenoxy) is 1. The van der Waals surface area contributed by atoms with Crippen molar-refractivity contribution >= 4 is 34.8 Å². The quantitative estimate of drug-likeness (QED) is 0.743. The van der Waals surface area contributed by atoms with E-state index in [2.05, 4.69) is 5.32 Å². The number of rotatable bonds is 7. The van der Waals surface area contributed by atoms with Crippen molar-refractivity contribution in [1.82, 2.24) is 5.32 Å². The number of hydrogen-bond acceptors (Lipinski definition) is 5. The van der Waals surface area contributed by atoms with Crippen molar-refractivity contribution in [3.8, 4) is 0 Å². The molecule has 1 N–H and O–H groups in total. The molecule has 0 aliphatic carbocycles. The number of anilines is 1. The number of nitrogens with one attached hydrogen (secondary N) is 1. The van der Waals surface area contributed by atoms with Crippen LogP contribution in [0.15, 0.2) is 41.8 Å². The Labute approximate surface area is 162 Å². The van der Waals surface area contributed by atoms with Crippen molar-refractivity contribution in [3.05, 3.63) is 52.2 Å². The predicted molar refractivity (Wildman–Crippen MR) is 104 cm³/mol. The highest BCUT2D eigenvalue weighted by Crippen LogP contribution is 2.24. The minimum atomic E-state index is -0.397. The van der Waals surface area contributed by atoms with Crippen LogP contribution in [0.5, 0.6) is 0 Å². The third-order valence-corrected chi connectivity index (χ3v) is 5.49. The van der Waals surface area contributed by atoms with E-state index in [1.165, 1.54) is 18.4 Å². The van der Waals surface area contributed by atoms with Crippen molar-refractivity contribution in [1.29, 1.82) is 0 Å². The first-order chi connectivity index (χ1) is 13.1. The van der Waals surface area contributed by atoms with E-state index >= 15 is 0 Å². The lowest BCUT2D eigenvalue weighted by Gasteiger charge is -2.17. The normalized spacial score (nSPS) is 14.9. The second-order valence-electron chi connectivity index (χ2n) is 6.41. The number of hydrogen-bond donors (Lipinski definition) is 1. The lowest BCUT2D eigenvalue weighted by atomic mass is 10.1. The maximum atomic E-state index is 12.5. The molecule has 0 spiro atoms. The highest BCUT2D eigenvalue weighted by atomic mass is 32.1. The van der Waals surface area contributed by atoms with E-state index < -0.39 is 6.04 Å². The summed E-state index contributed by atoms with van der Waals surface area (Å²) in [5, 5.41) is 4.82. The van der Waals surface area contributed by atoms with Crippen LogP contribution in [0.3, 0.4) is 0 Å². The molecule has 2 amide bonds. The summed E-state index contributed by atoms with van der Waals surface area (Å²) in [5.74, 6) is -0.391. The van der Waals surface area contributed by atoms with Crippen LogP contribution in [0.25, 0.3) is 0 Å². The molecule has 1 saturated heterocycles. The number of amides is 2. The molecule has 1 aliphatic heterocycles. The van der Waals surface area contributed by atoms with Gasteiger partial charge in [0.25, 0.3) is 0 Å². The summed E-state index contributed by atoms with van der Waals surface area (Å²) in [6.07, 6.45) is 1.78. The minimum absolute atomic E-state index is 0.0960. The zero-order valence-electron chi connectivity index (χ0n) is 15.1. The summed E-state index contributed by atoms with van der Waals surface area (Å²) >= 11 is 1.49. The molecule has 1 aliphatic rings. The highest BCUT2D eigenvalue weighted by Gasteiger charge is 2.22. The topological polar surface area (TPSA) is 75.7 Å². The Bertz CT molecular complexity index is 802. The van der Waals surface area contributed by atoms with Crippen LogP contribution in [0, 0.1) is 0 Å². The van der Waals surface area contributed by atoms with Gasteiger partial charge in [0, 0.05) is 23.5 Å². The van der Waals surface area contributed by atoms with Gasteiger partial charge in [-0.3, -0.25) is 14.4 Å². The van der Waals surface area contributed by atoms with Gasteiger partial charge >= 0.3 is 5.97 Å². The lowest BCUT2D eigenvalue weighted by Crippen LogP contribution is -2.31. The van der Waals surface area contributed by atoms with Gasteiger partial charge in [-0.05, 0) is 35.6 Å². The molecule has 7 heteroatoms. The minimum Gasteiger partial charge on any atom is -0.469 e. The fourth-order valence-electron chi connectivity index (χ4n) is 3.11. The SMILES string of the molecule is COC(=O)C[C@@H](NC(=O)Cc1ccc(N2CCCC2=O)cc1)c1cccs1. The molecule has 2 aromatic rings. The van der Waals surface area contributed by atoms with Crippen molar-refractivity contribution in [2.45, 2.75) is 31.7 Å². The first-order valence-corrected chi connectivity index (χ1v) is 9.73. The average molecular weight is 386 g/mol. The third-order valence-electron chi connectivity index (χ3n) is 4.51. The fraction of sp³-hybridized carbons (Fsp3) is 0.350. The molecule has 0 saturated carbocycles. The molecule has 2 heterocycles. The van der Waals surface area contributed by atoms with Gasteiger partial charge in [-0.2, -0.15) is 0 Å². The van der Waals surface area contributed by atoms with Crippen molar-refractivity contribution in [2.75, 3.05) is 18.6 Å². The summed E-state index contributed by atoms with van der Waals surface area (Å²) in [6, 6.07) is 10.8. The Hall–Kier alpha value is -2.67. The number of thiophene rings is 1. The molecule has 0 unspecified atom stereocenters. The molecule has 1 fully saturated rings. The number of nitrogens with zero attached hydrogens (tertiary/aromatic N) is 1. The zero-order chi connectivity index (χ0) is 19.2. The molecular weight excluding hydrogens is 364 g/mol. The molecule has 27 heavy (non-hydrogen) atoms. The molecule has 0 bridgehead atoms. The largest absolute Gasteiger partial charge is 0.469 e. The molecule has 6 nitrogen and oxygen atoms in total. The standard InChI is InChI=1S/C20H22N2O4S/c1-26-20(25)13-16(17-4-3-11-27-17)21-18(23)12-14-6-8-15(9-7-14)22-10-2-5-19(22)24/h3-4,6-9,11,16H,2,5,10,12-13H2,1H3,(H,21,23)/t16-/m1/s1. The van der Waals surface area contributed by atoms with E-state index in [9.17, 15) is 14.4 Å². The van der Waals surface area contributed by atoms with Crippen LogP contribution < -0.4 is 10.2 Å². The molecule has 1 aromatic carbocycles. The number of carbonyl (C=O) groups is 3. The van der Waals surface area contributed by atoms with Crippen LogP contribution in [0.2, 0.25) is 0 Å². The number of benzene rings is 1. The summed E-state index contributed by atoms with van der Waals surface area (Å²) in [4.78, 5) is 38.6. The molecule has 142 valence electrons.